The molecule has 11 heteroatoms. The number of aryl methyl sites for hydroxylation is 1. The van der Waals surface area contributed by atoms with Crippen LogP contribution in [0.2, 0.25) is 0 Å². The fraction of sp³-hybridized carbons (Fsp3) is 0.448. The van der Waals surface area contributed by atoms with Gasteiger partial charge in [-0.15, -0.1) is 10.2 Å². The Morgan fingerprint density at radius 2 is 1.98 bits per heavy atom. The molecular weight excluding hydrogens is 523 g/mol. The molecule has 1 aromatic heterocycles. The van der Waals surface area contributed by atoms with Gasteiger partial charge in [-0.3, -0.25) is 4.90 Å². The number of H-pyrrole nitrogens is 1. The molecule has 40 heavy (non-hydrogen) atoms. The summed E-state index contributed by atoms with van der Waals surface area (Å²) in [6, 6.07) is 9.05. The van der Waals surface area contributed by atoms with Gasteiger partial charge in [0.1, 0.15) is 11.9 Å². The molecule has 1 aliphatic carbocycles. The van der Waals surface area contributed by atoms with Crippen molar-refractivity contribution in [1.29, 1.82) is 0 Å². The first-order valence-electron chi connectivity index (χ1n) is 13.2. The SMILES string of the molecule is COc1ccc(-c2nn[nH]n2)cc1C1=C(CN2C(=O)O[C@H](c3cc(C)cc(C(F)(F)F)c3)[C@@H]2C)CC(C)(C)CC1. The number of hydrogen-bond donors (Lipinski definition) is 1. The molecule has 0 unspecified atom stereocenters. The molecule has 212 valence electrons. The number of benzene rings is 2. The number of nitrogens with one attached hydrogen (secondary N) is 1. The predicted octanol–water partition coefficient (Wildman–Crippen LogP) is 6.75. The number of allylic oxidation sites excluding steroid dienone is 1. The molecule has 2 heterocycles. The van der Waals surface area contributed by atoms with E-state index in [4.69, 9.17) is 9.47 Å². The molecule has 1 amide bonds. The van der Waals surface area contributed by atoms with Crippen LogP contribution in [0.15, 0.2) is 42.0 Å². The van der Waals surface area contributed by atoms with Gasteiger partial charge in [0, 0.05) is 17.7 Å². The Labute approximate surface area is 230 Å². The standard InChI is InChI=1S/C29H32F3N5O3/c1-16-10-19(12-21(11-16)29(30,31)32)25-17(2)37(27(38)40-25)15-20-14-28(3,4)9-8-22(20)23-13-18(6-7-24(23)39-5)26-33-35-36-34-26/h6-7,10-13,17,25H,8-9,14-15H2,1-5H3,(H,33,34,35,36)/t17-,25-/m0/s1. The van der Waals surface area contributed by atoms with Gasteiger partial charge in [-0.25, -0.2) is 4.79 Å². The number of nitrogens with zero attached hydrogens (tertiary/aromatic N) is 4. The highest BCUT2D eigenvalue weighted by Crippen LogP contribution is 2.46. The summed E-state index contributed by atoms with van der Waals surface area (Å²) in [6.45, 7) is 8.10. The first-order chi connectivity index (χ1) is 18.9. The van der Waals surface area contributed by atoms with E-state index in [-0.39, 0.29) is 5.41 Å². The van der Waals surface area contributed by atoms with Crippen molar-refractivity contribution in [3.8, 4) is 17.1 Å². The summed E-state index contributed by atoms with van der Waals surface area (Å²) in [7, 11) is 1.61. The summed E-state index contributed by atoms with van der Waals surface area (Å²) >= 11 is 0. The molecule has 1 saturated heterocycles. The summed E-state index contributed by atoms with van der Waals surface area (Å²) < 4.78 is 51.9. The lowest BCUT2D eigenvalue weighted by Gasteiger charge is -2.36. The number of amides is 1. The highest BCUT2D eigenvalue weighted by atomic mass is 19.4. The van der Waals surface area contributed by atoms with Gasteiger partial charge < -0.3 is 9.47 Å². The van der Waals surface area contributed by atoms with Gasteiger partial charge in [-0.1, -0.05) is 25.5 Å². The monoisotopic (exact) mass is 555 g/mol. The first-order valence-corrected chi connectivity index (χ1v) is 13.2. The Hall–Kier alpha value is -3.89. The fourth-order valence-electron chi connectivity index (χ4n) is 5.76. The van der Waals surface area contributed by atoms with Crippen LogP contribution in [-0.4, -0.2) is 51.3 Å². The maximum atomic E-state index is 13.5. The summed E-state index contributed by atoms with van der Waals surface area (Å²) in [5, 5.41) is 14.3. The second kappa shape index (κ2) is 10.3. The van der Waals surface area contributed by atoms with Gasteiger partial charge in [0.05, 0.1) is 18.7 Å². The number of rotatable bonds is 6. The van der Waals surface area contributed by atoms with E-state index in [0.29, 0.717) is 29.2 Å². The van der Waals surface area contributed by atoms with Gasteiger partial charge in [0.15, 0.2) is 0 Å². The molecule has 1 aliphatic heterocycles. The molecule has 0 radical (unpaired) electrons. The Balaban J connectivity index is 1.51. The largest absolute Gasteiger partial charge is 0.496 e. The Bertz CT molecular complexity index is 1450. The van der Waals surface area contributed by atoms with Crippen molar-refractivity contribution < 1.29 is 27.4 Å². The molecule has 2 atom stereocenters. The zero-order valence-corrected chi connectivity index (χ0v) is 23.1. The lowest BCUT2D eigenvalue weighted by atomic mass is 9.72. The Morgan fingerprint density at radius 3 is 2.65 bits per heavy atom. The number of aromatic amines is 1. The van der Waals surface area contributed by atoms with Crippen LogP contribution in [0.3, 0.4) is 0 Å². The average Bonchev–Trinajstić information content (AvgIpc) is 3.52. The lowest BCUT2D eigenvalue weighted by Crippen LogP contribution is -2.35. The van der Waals surface area contributed by atoms with Gasteiger partial charge in [0.2, 0.25) is 5.82 Å². The van der Waals surface area contributed by atoms with E-state index >= 15 is 0 Å². The summed E-state index contributed by atoms with van der Waals surface area (Å²) in [4.78, 5) is 14.8. The highest BCUT2D eigenvalue weighted by molar-refractivity contribution is 5.79. The number of aromatic nitrogens is 4. The van der Waals surface area contributed by atoms with Crippen LogP contribution in [0.25, 0.3) is 17.0 Å². The first kappa shape index (κ1) is 27.7. The number of tetrazole rings is 1. The average molecular weight is 556 g/mol. The van der Waals surface area contributed by atoms with Crippen molar-refractivity contribution in [3.05, 3.63) is 64.2 Å². The molecule has 0 saturated carbocycles. The van der Waals surface area contributed by atoms with Gasteiger partial charge in [-0.2, -0.15) is 18.4 Å². The molecule has 8 nitrogen and oxygen atoms in total. The second-order valence-corrected chi connectivity index (χ2v) is 11.4. The highest BCUT2D eigenvalue weighted by Gasteiger charge is 2.42. The number of carbonyl (C=O) groups is 1. The molecule has 2 aliphatic rings. The molecular formula is C29H32F3N5O3. The van der Waals surface area contributed by atoms with E-state index in [1.807, 2.05) is 25.1 Å². The molecule has 3 aromatic rings. The molecule has 0 bridgehead atoms. The summed E-state index contributed by atoms with van der Waals surface area (Å²) in [5.74, 6) is 1.15. The predicted molar refractivity (Wildman–Crippen MR) is 142 cm³/mol. The number of cyclic esters (lactones) is 1. The van der Waals surface area contributed by atoms with Crippen LogP contribution in [0, 0.1) is 12.3 Å². The third-order valence-corrected chi connectivity index (χ3v) is 7.81. The zero-order valence-electron chi connectivity index (χ0n) is 23.1. The van der Waals surface area contributed by atoms with Crippen molar-refractivity contribution in [2.45, 2.75) is 65.3 Å². The van der Waals surface area contributed by atoms with Crippen LogP contribution >= 0.6 is 0 Å². The molecule has 5 rings (SSSR count). The Kier molecular flexibility index (Phi) is 7.09. The van der Waals surface area contributed by atoms with Crippen LogP contribution in [0.1, 0.15) is 68.4 Å². The lowest BCUT2D eigenvalue weighted by molar-refractivity contribution is -0.137. The third-order valence-electron chi connectivity index (χ3n) is 7.81. The quantitative estimate of drug-likeness (QED) is 0.362. The van der Waals surface area contributed by atoms with E-state index < -0.39 is 30.0 Å². The molecule has 1 N–H and O–H groups in total. The number of carbonyl (C=O) groups excluding carboxylic acids is 1. The van der Waals surface area contributed by atoms with Crippen LogP contribution < -0.4 is 4.74 Å². The minimum atomic E-state index is -4.49. The zero-order chi connectivity index (χ0) is 28.8. The number of ether oxygens (including phenoxy) is 2. The fourth-order valence-corrected chi connectivity index (χ4v) is 5.76. The van der Waals surface area contributed by atoms with Crippen molar-refractivity contribution in [1.82, 2.24) is 25.5 Å². The van der Waals surface area contributed by atoms with E-state index in [2.05, 4.69) is 34.5 Å². The van der Waals surface area contributed by atoms with Gasteiger partial charge >= 0.3 is 12.3 Å². The third kappa shape index (κ3) is 5.41. The molecule has 2 aromatic carbocycles. The second-order valence-electron chi connectivity index (χ2n) is 11.4. The smallest absolute Gasteiger partial charge is 0.416 e. The van der Waals surface area contributed by atoms with Crippen LogP contribution in [0.4, 0.5) is 18.0 Å². The van der Waals surface area contributed by atoms with E-state index in [0.717, 1.165) is 53.7 Å². The van der Waals surface area contributed by atoms with Crippen molar-refractivity contribution in [2.24, 2.45) is 5.41 Å². The topological polar surface area (TPSA) is 93.2 Å². The molecule has 0 spiro atoms. The van der Waals surface area contributed by atoms with Gasteiger partial charge in [-0.05, 0) is 90.8 Å². The van der Waals surface area contributed by atoms with Crippen LogP contribution in [0.5, 0.6) is 5.75 Å². The van der Waals surface area contributed by atoms with Crippen molar-refractivity contribution in [2.75, 3.05) is 13.7 Å². The maximum Gasteiger partial charge on any atom is 0.416 e. The van der Waals surface area contributed by atoms with E-state index in [1.54, 1.807) is 25.0 Å². The van der Waals surface area contributed by atoms with E-state index in [1.165, 1.54) is 0 Å². The number of halogens is 3. The van der Waals surface area contributed by atoms with E-state index in [9.17, 15) is 18.0 Å². The van der Waals surface area contributed by atoms with Crippen molar-refractivity contribution in [3.63, 3.8) is 0 Å². The number of methoxy groups -OCH3 is 1. The summed E-state index contributed by atoms with van der Waals surface area (Å²) in [5.41, 5.74) is 3.83. The summed E-state index contributed by atoms with van der Waals surface area (Å²) in [6.07, 6.45) is -3.41. The Morgan fingerprint density at radius 1 is 1.20 bits per heavy atom. The van der Waals surface area contributed by atoms with Crippen molar-refractivity contribution >= 4 is 11.7 Å². The van der Waals surface area contributed by atoms with Gasteiger partial charge in [0.25, 0.3) is 0 Å². The maximum absolute atomic E-state index is 13.5. The number of alkyl halides is 3. The minimum absolute atomic E-state index is 0.00175. The normalized spacial score (nSPS) is 21.1. The minimum Gasteiger partial charge on any atom is -0.496 e. The number of hydrogen-bond acceptors (Lipinski definition) is 6. The van der Waals surface area contributed by atoms with Crippen LogP contribution in [-0.2, 0) is 10.9 Å². The molecule has 1 fully saturated rings.